The Balaban J connectivity index is 1.34. The third-order valence-corrected chi connectivity index (χ3v) is 6.76. The maximum atomic E-state index is 12.6. The average Bonchev–Trinajstić information content (AvgIpc) is 3.13. The summed E-state index contributed by atoms with van der Waals surface area (Å²) >= 11 is 1.62. The van der Waals surface area contributed by atoms with Crippen molar-refractivity contribution < 1.29 is 9.53 Å². The Morgan fingerprint density at radius 3 is 2.41 bits per heavy atom. The van der Waals surface area contributed by atoms with E-state index in [0.717, 1.165) is 29.2 Å². The van der Waals surface area contributed by atoms with Crippen molar-refractivity contribution in [3.8, 4) is 5.19 Å². The van der Waals surface area contributed by atoms with Gasteiger partial charge in [-0.3, -0.25) is 0 Å². The minimum absolute atomic E-state index is 0.0436. The Labute approximate surface area is 175 Å². The van der Waals surface area contributed by atoms with Gasteiger partial charge < -0.3 is 15.0 Å². The minimum atomic E-state index is -0.0436. The van der Waals surface area contributed by atoms with Crippen molar-refractivity contribution in [1.82, 2.24) is 9.88 Å². The van der Waals surface area contributed by atoms with E-state index in [9.17, 15) is 4.79 Å². The van der Waals surface area contributed by atoms with Crippen LogP contribution in [-0.4, -0.2) is 35.1 Å². The zero-order valence-electron chi connectivity index (χ0n) is 17.4. The first-order valence-electron chi connectivity index (χ1n) is 10.1. The van der Waals surface area contributed by atoms with Gasteiger partial charge in [-0.25, -0.2) is 9.78 Å². The zero-order valence-corrected chi connectivity index (χ0v) is 18.2. The zero-order chi connectivity index (χ0) is 20.5. The number of carbonyl (C=O) groups excluding carboxylic acids is 1. The molecule has 1 saturated heterocycles. The Kier molecular flexibility index (Phi) is 5.46. The quantitative estimate of drug-likeness (QED) is 0.612. The summed E-state index contributed by atoms with van der Waals surface area (Å²) in [6, 6.07) is 10.2. The van der Waals surface area contributed by atoms with Crippen molar-refractivity contribution >= 4 is 33.3 Å². The summed E-state index contributed by atoms with van der Waals surface area (Å²) in [5, 5.41) is 3.74. The highest BCUT2D eigenvalue weighted by Crippen LogP contribution is 2.33. The number of amides is 2. The van der Waals surface area contributed by atoms with Gasteiger partial charge in [-0.1, -0.05) is 29.5 Å². The summed E-state index contributed by atoms with van der Waals surface area (Å²) in [7, 11) is 0. The number of piperidine rings is 1. The number of likely N-dealkylation sites (tertiary alicyclic amines) is 1. The topological polar surface area (TPSA) is 54.5 Å². The minimum Gasteiger partial charge on any atom is -0.467 e. The Hall–Kier alpha value is -2.60. The number of thiazole rings is 1. The first kappa shape index (κ1) is 19.7. The lowest BCUT2D eigenvalue weighted by molar-refractivity contribution is 0.115. The van der Waals surface area contributed by atoms with Gasteiger partial charge in [0.05, 0.1) is 10.2 Å². The highest BCUT2D eigenvalue weighted by molar-refractivity contribution is 7.20. The number of nitrogens with zero attached hydrogens (tertiary/aromatic N) is 2. The fraction of sp³-hybridized carbons (Fsp3) is 0.391. The number of aromatic nitrogens is 1. The van der Waals surface area contributed by atoms with E-state index in [-0.39, 0.29) is 12.1 Å². The summed E-state index contributed by atoms with van der Waals surface area (Å²) in [6.07, 6.45) is 1.73. The van der Waals surface area contributed by atoms with Crippen LogP contribution in [0.3, 0.4) is 0 Å². The smallest absolute Gasteiger partial charge is 0.321 e. The van der Waals surface area contributed by atoms with Crippen molar-refractivity contribution in [2.75, 3.05) is 18.4 Å². The van der Waals surface area contributed by atoms with Crippen LogP contribution < -0.4 is 10.1 Å². The Bertz CT molecular complexity index is 1010. The standard InChI is InChI=1S/C23H27N3O2S/c1-14-7-8-18(13-17(14)4)24-22(27)26-11-9-19(10-12-26)28-23-25-20-15(2)5-6-16(3)21(20)29-23/h5-8,13,19H,9-12H2,1-4H3,(H,24,27). The lowest BCUT2D eigenvalue weighted by Crippen LogP contribution is -2.43. The second-order valence-corrected chi connectivity index (χ2v) is 8.85. The molecule has 2 aromatic carbocycles. The number of aryl methyl sites for hydroxylation is 4. The van der Waals surface area contributed by atoms with E-state index in [1.165, 1.54) is 27.0 Å². The Morgan fingerprint density at radius 1 is 1.03 bits per heavy atom. The summed E-state index contributed by atoms with van der Waals surface area (Å²) < 4.78 is 7.37. The van der Waals surface area contributed by atoms with Gasteiger partial charge in [-0.05, 0) is 62.1 Å². The fourth-order valence-electron chi connectivity index (χ4n) is 3.63. The molecule has 1 N–H and O–H groups in total. The number of rotatable bonds is 3. The van der Waals surface area contributed by atoms with Crippen LogP contribution in [0.2, 0.25) is 0 Å². The molecule has 5 nitrogen and oxygen atoms in total. The molecular formula is C23H27N3O2S. The lowest BCUT2D eigenvalue weighted by Gasteiger charge is -2.31. The molecule has 1 aliphatic rings. The first-order chi connectivity index (χ1) is 13.9. The van der Waals surface area contributed by atoms with Gasteiger partial charge >= 0.3 is 6.03 Å². The van der Waals surface area contributed by atoms with Crippen molar-refractivity contribution in [1.29, 1.82) is 0 Å². The molecule has 3 aromatic rings. The predicted molar refractivity (Wildman–Crippen MR) is 119 cm³/mol. The maximum absolute atomic E-state index is 12.6. The van der Waals surface area contributed by atoms with Crippen molar-refractivity contribution in [3.63, 3.8) is 0 Å². The molecule has 0 radical (unpaired) electrons. The van der Waals surface area contributed by atoms with E-state index in [4.69, 9.17) is 9.72 Å². The van der Waals surface area contributed by atoms with Crippen LogP contribution in [0.1, 0.15) is 35.1 Å². The molecule has 6 heteroatoms. The van der Waals surface area contributed by atoms with Gasteiger partial charge in [0.2, 0.25) is 0 Å². The number of anilines is 1. The molecule has 4 rings (SSSR count). The molecular weight excluding hydrogens is 382 g/mol. The van der Waals surface area contributed by atoms with E-state index >= 15 is 0 Å². The highest BCUT2D eigenvalue weighted by atomic mass is 32.1. The Morgan fingerprint density at radius 2 is 1.72 bits per heavy atom. The van der Waals surface area contributed by atoms with Gasteiger partial charge in [0.15, 0.2) is 0 Å². The van der Waals surface area contributed by atoms with Crippen LogP contribution in [0.4, 0.5) is 10.5 Å². The van der Waals surface area contributed by atoms with Gasteiger partial charge in [0, 0.05) is 31.6 Å². The van der Waals surface area contributed by atoms with Crippen LogP contribution in [0.5, 0.6) is 5.19 Å². The average molecular weight is 410 g/mol. The molecule has 0 spiro atoms. The number of urea groups is 1. The third-order valence-electron chi connectivity index (χ3n) is 5.68. The molecule has 0 atom stereocenters. The third kappa shape index (κ3) is 4.22. The molecule has 0 bridgehead atoms. The summed E-state index contributed by atoms with van der Waals surface area (Å²) in [5.74, 6) is 0. The second kappa shape index (κ2) is 8.03. The number of nitrogens with one attached hydrogen (secondary N) is 1. The van der Waals surface area contributed by atoms with Crippen LogP contribution >= 0.6 is 11.3 Å². The molecule has 152 valence electrons. The molecule has 1 fully saturated rings. The highest BCUT2D eigenvalue weighted by Gasteiger charge is 2.25. The van der Waals surface area contributed by atoms with E-state index in [2.05, 4.69) is 45.1 Å². The summed E-state index contributed by atoms with van der Waals surface area (Å²) in [5.41, 5.74) is 6.69. The first-order valence-corrected chi connectivity index (χ1v) is 10.9. The predicted octanol–water partition coefficient (Wildman–Crippen LogP) is 5.61. The number of hydrogen-bond acceptors (Lipinski definition) is 4. The molecule has 29 heavy (non-hydrogen) atoms. The van der Waals surface area contributed by atoms with E-state index < -0.39 is 0 Å². The van der Waals surface area contributed by atoms with E-state index in [0.29, 0.717) is 13.1 Å². The van der Waals surface area contributed by atoms with Crippen molar-refractivity contribution in [3.05, 3.63) is 52.6 Å². The second-order valence-electron chi connectivity index (χ2n) is 7.89. The van der Waals surface area contributed by atoms with E-state index in [1.54, 1.807) is 11.3 Å². The monoisotopic (exact) mass is 409 g/mol. The van der Waals surface area contributed by atoms with E-state index in [1.807, 2.05) is 23.1 Å². The van der Waals surface area contributed by atoms with Crippen molar-refractivity contribution in [2.24, 2.45) is 0 Å². The molecule has 1 aromatic heterocycles. The summed E-state index contributed by atoms with van der Waals surface area (Å²) in [4.78, 5) is 19.1. The van der Waals surface area contributed by atoms with Crippen LogP contribution in [0.15, 0.2) is 30.3 Å². The molecule has 0 saturated carbocycles. The number of carbonyl (C=O) groups is 1. The maximum Gasteiger partial charge on any atom is 0.321 e. The number of hydrogen-bond donors (Lipinski definition) is 1. The van der Waals surface area contributed by atoms with Crippen molar-refractivity contribution in [2.45, 2.75) is 46.6 Å². The molecule has 1 aliphatic heterocycles. The SMILES string of the molecule is Cc1ccc(NC(=O)N2CCC(Oc3nc4c(C)ccc(C)c4s3)CC2)cc1C. The molecule has 0 unspecified atom stereocenters. The normalized spacial score (nSPS) is 15.0. The molecule has 2 heterocycles. The number of ether oxygens (including phenoxy) is 1. The van der Waals surface area contributed by atoms with Gasteiger partial charge in [-0.2, -0.15) is 0 Å². The van der Waals surface area contributed by atoms with Gasteiger partial charge in [-0.15, -0.1) is 0 Å². The molecule has 2 amide bonds. The number of benzene rings is 2. The van der Waals surface area contributed by atoms with Crippen LogP contribution in [0, 0.1) is 27.7 Å². The lowest BCUT2D eigenvalue weighted by atomic mass is 10.1. The van der Waals surface area contributed by atoms with Gasteiger partial charge in [0.1, 0.15) is 6.10 Å². The van der Waals surface area contributed by atoms with Gasteiger partial charge in [0.25, 0.3) is 5.19 Å². The fourth-order valence-corrected chi connectivity index (χ4v) is 4.66. The summed E-state index contributed by atoms with van der Waals surface area (Å²) in [6.45, 7) is 9.68. The number of fused-ring (bicyclic) bond motifs is 1. The largest absolute Gasteiger partial charge is 0.467 e. The van der Waals surface area contributed by atoms with Crippen LogP contribution in [-0.2, 0) is 0 Å². The van der Waals surface area contributed by atoms with Crippen LogP contribution in [0.25, 0.3) is 10.2 Å². The molecule has 0 aliphatic carbocycles.